The van der Waals surface area contributed by atoms with Crippen LogP contribution in [0.25, 0.3) is 5.82 Å². The van der Waals surface area contributed by atoms with Crippen molar-refractivity contribution in [3.63, 3.8) is 0 Å². The maximum absolute atomic E-state index is 12.7. The number of piperidine rings is 1. The number of halogens is 3. The van der Waals surface area contributed by atoms with Crippen molar-refractivity contribution >= 4 is 5.91 Å². The van der Waals surface area contributed by atoms with Gasteiger partial charge in [0.05, 0.1) is 17.2 Å². The zero-order chi connectivity index (χ0) is 18.0. The standard InChI is InChI=1S/C16H18F3N5O/c17-16(18,19)11-3-7-23(8-4-11)10-12-5-9-24(22-12)15-13(14(20)25)2-1-6-21-15/h1-2,5-6,9,11H,3-4,7-8,10H2,(H2,20,25). The number of rotatable bonds is 4. The van der Waals surface area contributed by atoms with Gasteiger partial charge < -0.3 is 5.73 Å². The summed E-state index contributed by atoms with van der Waals surface area (Å²) in [6, 6.07) is 4.93. The minimum absolute atomic E-state index is 0.107. The van der Waals surface area contributed by atoms with Crippen LogP contribution in [0.3, 0.4) is 0 Å². The SMILES string of the molecule is NC(=O)c1cccnc1-n1ccc(CN2CCC(C(F)(F)F)CC2)n1. The van der Waals surface area contributed by atoms with E-state index in [2.05, 4.69) is 10.1 Å². The van der Waals surface area contributed by atoms with Gasteiger partial charge >= 0.3 is 6.18 Å². The molecule has 1 aliphatic heterocycles. The second-order valence-corrected chi connectivity index (χ2v) is 6.08. The first-order chi connectivity index (χ1) is 11.8. The van der Waals surface area contributed by atoms with E-state index in [1.54, 1.807) is 24.4 Å². The predicted molar refractivity (Wildman–Crippen MR) is 83.9 cm³/mol. The fourth-order valence-electron chi connectivity index (χ4n) is 2.98. The average molecular weight is 353 g/mol. The van der Waals surface area contributed by atoms with Crippen LogP contribution in [0, 0.1) is 5.92 Å². The topological polar surface area (TPSA) is 77.0 Å². The van der Waals surface area contributed by atoms with E-state index in [-0.39, 0.29) is 18.4 Å². The molecule has 2 aromatic rings. The molecule has 25 heavy (non-hydrogen) atoms. The molecule has 0 aliphatic carbocycles. The molecule has 0 aromatic carbocycles. The molecule has 1 fully saturated rings. The fourth-order valence-corrected chi connectivity index (χ4v) is 2.98. The molecular weight excluding hydrogens is 335 g/mol. The molecule has 0 radical (unpaired) electrons. The van der Waals surface area contributed by atoms with E-state index in [1.807, 2.05) is 4.90 Å². The van der Waals surface area contributed by atoms with Crippen molar-refractivity contribution in [2.75, 3.05) is 13.1 Å². The number of likely N-dealkylation sites (tertiary alicyclic amines) is 1. The summed E-state index contributed by atoms with van der Waals surface area (Å²) in [6.07, 6.45) is -0.706. The predicted octanol–water partition coefficient (Wildman–Crippen LogP) is 2.14. The number of alkyl halides is 3. The molecular formula is C16H18F3N5O. The van der Waals surface area contributed by atoms with Crippen LogP contribution < -0.4 is 5.73 Å². The summed E-state index contributed by atoms with van der Waals surface area (Å²) in [5, 5.41) is 4.37. The van der Waals surface area contributed by atoms with Crippen molar-refractivity contribution in [2.45, 2.75) is 25.6 Å². The van der Waals surface area contributed by atoms with Crippen molar-refractivity contribution < 1.29 is 18.0 Å². The van der Waals surface area contributed by atoms with Crippen molar-refractivity contribution in [1.82, 2.24) is 19.7 Å². The monoisotopic (exact) mass is 353 g/mol. The molecule has 0 atom stereocenters. The fraction of sp³-hybridized carbons (Fsp3) is 0.438. The van der Waals surface area contributed by atoms with Crippen LogP contribution in [0.4, 0.5) is 13.2 Å². The first-order valence-corrected chi connectivity index (χ1v) is 7.93. The number of nitrogens with zero attached hydrogens (tertiary/aromatic N) is 4. The van der Waals surface area contributed by atoms with Crippen LogP contribution in [-0.4, -0.2) is 44.8 Å². The average Bonchev–Trinajstić information content (AvgIpc) is 3.03. The second-order valence-electron chi connectivity index (χ2n) is 6.08. The van der Waals surface area contributed by atoms with Crippen LogP contribution in [0.15, 0.2) is 30.6 Å². The lowest BCUT2D eigenvalue weighted by Gasteiger charge is -2.32. The van der Waals surface area contributed by atoms with Gasteiger partial charge in [0, 0.05) is 18.9 Å². The number of aromatic nitrogens is 3. The Morgan fingerprint density at radius 3 is 2.64 bits per heavy atom. The highest BCUT2D eigenvalue weighted by Gasteiger charge is 2.41. The van der Waals surface area contributed by atoms with Crippen LogP contribution >= 0.6 is 0 Å². The summed E-state index contributed by atoms with van der Waals surface area (Å²) < 4.78 is 39.6. The lowest BCUT2D eigenvalue weighted by atomic mass is 9.96. The highest BCUT2D eigenvalue weighted by atomic mass is 19.4. The van der Waals surface area contributed by atoms with Crippen LogP contribution in [0.2, 0.25) is 0 Å². The smallest absolute Gasteiger partial charge is 0.365 e. The maximum atomic E-state index is 12.7. The van der Waals surface area contributed by atoms with Gasteiger partial charge in [-0.15, -0.1) is 0 Å². The first kappa shape index (κ1) is 17.4. The summed E-state index contributed by atoms with van der Waals surface area (Å²) in [6.45, 7) is 1.22. The van der Waals surface area contributed by atoms with E-state index in [0.29, 0.717) is 31.1 Å². The lowest BCUT2D eigenvalue weighted by Crippen LogP contribution is -2.38. The normalized spacial score (nSPS) is 16.9. The number of carbonyl (C=O) groups excluding carboxylic acids is 1. The van der Waals surface area contributed by atoms with E-state index >= 15 is 0 Å². The quantitative estimate of drug-likeness (QED) is 0.914. The van der Waals surface area contributed by atoms with Gasteiger partial charge in [0.1, 0.15) is 0 Å². The minimum atomic E-state index is -4.11. The summed E-state index contributed by atoms with van der Waals surface area (Å²) in [4.78, 5) is 17.5. The molecule has 2 aromatic heterocycles. The maximum Gasteiger partial charge on any atom is 0.391 e. The molecule has 6 nitrogen and oxygen atoms in total. The van der Waals surface area contributed by atoms with E-state index < -0.39 is 18.0 Å². The molecule has 9 heteroatoms. The van der Waals surface area contributed by atoms with Gasteiger partial charge in [-0.1, -0.05) is 0 Å². The molecule has 0 saturated carbocycles. The molecule has 0 unspecified atom stereocenters. The molecule has 3 rings (SSSR count). The minimum Gasteiger partial charge on any atom is -0.365 e. The number of hydrogen-bond donors (Lipinski definition) is 1. The van der Waals surface area contributed by atoms with Crippen molar-refractivity contribution in [1.29, 1.82) is 0 Å². The lowest BCUT2D eigenvalue weighted by molar-refractivity contribution is -0.185. The Hall–Kier alpha value is -2.42. The first-order valence-electron chi connectivity index (χ1n) is 7.93. The number of hydrogen-bond acceptors (Lipinski definition) is 4. The zero-order valence-electron chi connectivity index (χ0n) is 13.4. The molecule has 1 aliphatic rings. The third kappa shape index (κ3) is 3.98. The van der Waals surface area contributed by atoms with Crippen molar-refractivity contribution in [3.05, 3.63) is 41.9 Å². The van der Waals surface area contributed by atoms with Crippen LogP contribution in [-0.2, 0) is 6.54 Å². The summed E-state index contributed by atoms with van der Waals surface area (Å²) in [5.41, 5.74) is 6.29. The van der Waals surface area contributed by atoms with Crippen molar-refractivity contribution in [2.24, 2.45) is 11.7 Å². The van der Waals surface area contributed by atoms with Crippen LogP contribution in [0.5, 0.6) is 0 Å². The van der Waals surface area contributed by atoms with Gasteiger partial charge in [-0.25, -0.2) is 9.67 Å². The molecule has 134 valence electrons. The Morgan fingerprint density at radius 2 is 2.00 bits per heavy atom. The summed E-state index contributed by atoms with van der Waals surface area (Å²) in [7, 11) is 0. The zero-order valence-corrected chi connectivity index (χ0v) is 13.4. The Labute approximate surface area is 142 Å². The Morgan fingerprint density at radius 1 is 1.28 bits per heavy atom. The summed E-state index contributed by atoms with van der Waals surface area (Å²) in [5.74, 6) is -1.49. The largest absolute Gasteiger partial charge is 0.391 e. The Kier molecular flexibility index (Phi) is 4.76. The van der Waals surface area contributed by atoms with Crippen LogP contribution in [0.1, 0.15) is 28.9 Å². The van der Waals surface area contributed by atoms with E-state index in [9.17, 15) is 18.0 Å². The molecule has 0 spiro atoms. The van der Waals surface area contributed by atoms with E-state index in [4.69, 9.17) is 5.73 Å². The highest BCUT2D eigenvalue weighted by molar-refractivity contribution is 5.95. The molecule has 3 heterocycles. The molecule has 0 bridgehead atoms. The highest BCUT2D eigenvalue weighted by Crippen LogP contribution is 2.34. The van der Waals surface area contributed by atoms with Crippen molar-refractivity contribution in [3.8, 4) is 5.82 Å². The number of primary amides is 1. The second kappa shape index (κ2) is 6.83. The van der Waals surface area contributed by atoms with Gasteiger partial charge in [0.15, 0.2) is 5.82 Å². The third-order valence-corrected chi connectivity index (χ3v) is 4.35. The van der Waals surface area contributed by atoms with E-state index in [1.165, 1.54) is 10.9 Å². The van der Waals surface area contributed by atoms with E-state index in [0.717, 1.165) is 0 Å². The molecule has 1 amide bonds. The molecule has 1 saturated heterocycles. The van der Waals surface area contributed by atoms with Gasteiger partial charge in [-0.05, 0) is 44.1 Å². The number of nitrogens with two attached hydrogens (primary N) is 1. The van der Waals surface area contributed by atoms with Gasteiger partial charge in [-0.3, -0.25) is 9.69 Å². The number of amides is 1. The third-order valence-electron chi connectivity index (χ3n) is 4.35. The van der Waals surface area contributed by atoms with Gasteiger partial charge in [0.25, 0.3) is 5.91 Å². The molecule has 2 N–H and O–H groups in total. The van der Waals surface area contributed by atoms with Gasteiger partial charge in [-0.2, -0.15) is 18.3 Å². The Bertz CT molecular complexity index is 750. The number of carbonyl (C=O) groups is 1. The number of pyridine rings is 1. The summed E-state index contributed by atoms with van der Waals surface area (Å²) >= 11 is 0. The Balaban J connectivity index is 1.67. The van der Waals surface area contributed by atoms with Gasteiger partial charge in [0.2, 0.25) is 0 Å².